The van der Waals surface area contributed by atoms with Gasteiger partial charge in [-0.05, 0) is 19.3 Å². The number of Topliss-reactive ketones (excluding diaryl/α,β-unsaturated/α-hetero) is 1. The Morgan fingerprint density at radius 1 is 1.18 bits per heavy atom. The van der Waals surface area contributed by atoms with Crippen molar-refractivity contribution in [3.8, 4) is 11.5 Å². The Balaban J connectivity index is 2.06. The van der Waals surface area contributed by atoms with Gasteiger partial charge in [-0.3, -0.25) is 4.79 Å². The molecular weight excluding hydrogens is 234 g/mol. The van der Waals surface area contributed by atoms with Gasteiger partial charge in [-0.1, -0.05) is 0 Å². The molecule has 0 saturated heterocycles. The first-order chi connectivity index (χ1) is 8.34. The van der Waals surface area contributed by atoms with E-state index in [-0.39, 0.29) is 5.78 Å². The largest absolute Gasteiger partial charge is 0.294 e. The van der Waals surface area contributed by atoms with Gasteiger partial charge in [-0.15, -0.1) is 11.3 Å². The normalized spacial score (nSPS) is 15.4. The van der Waals surface area contributed by atoms with Gasteiger partial charge in [0.2, 0.25) is 0 Å². The second-order valence-electron chi connectivity index (χ2n) is 4.06. The molecule has 2 aromatic rings. The van der Waals surface area contributed by atoms with Gasteiger partial charge in [0.1, 0.15) is 5.69 Å². The van der Waals surface area contributed by atoms with Crippen LogP contribution in [0.25, 0.3) is 11.5 Å². The molecule has 5 heteroatoms. The summed E-state index contributed by atoms with van der Waals surface area (Å²) in [5.74, 6) is 0.794. The van der Waals surface area contributed by atoms with Crippen LogP contribution in [0.4, 0.5) is 0 Å². The number of hydrogen-bond donors (Lipinski definition) is 0. The lowest BCUT2D eigenvalue weighted by molar-refractivity contribution is 0.0981. The molecule has 0 amide bonds. The van der Waals surface area contributed by atoms with Crippen LogP contribution in [0.5, 0.6) is 0 Å². The summed E-state index contributed by atoms with van der Waals surface area (Å²) in [4.78, 5) is 24.7. The number of fused-ring (bicyclic) bond motifs is 1. The molecule has 0 radical (unpaired) electrons. The number of aryl methyl sites for hydroxylation is 1. The molecule has 86 valence electrons. The van der Waals surface area contributed by atoms with E-state index >= 15 is 0 Å². The van der Waals surface area contributed by atoms with Crippen molar-refractivity contribution >= 4 is 17.1 Å². The fraction of sp³-hybridized carbons (Fsp3) is 0.333. The molecule has 1 aliphatic rings. The predicted octanol–water partition coefficient (Wildman–Crippen LogP) is 2.51. The van der Waals surface area contributed by atoms with Gasteiger partial charge in [0.15, 0.2) is 11.6 Å². The van der Waals surface area contributed by atoms with Crippen molar-refractivity contribution in [2.24, 2.45) is 0 Å². The van der Waals surface area contributed by atoms with Crippen molar-refractivity contribution < 1.29 is 4.79 Å². The number of nitrogens with zero attached hydrogens (tertiary/aromatic N) is 3. The number of carbonyl (C=O) groups is 1. The summed E-state index contributed by atoms with van der Waals surface area (Å²) < 4.78 is 0. The Kier molecular flexibility index (Phi) is 2.68. The van der Waals surface area contributed by atoms with Crippen molar-refractivity contribution in [3.63, 3.8) is 0 Å². The van der Waals surface area contributed by atoms with E-state index in [2.05, 4.69) is 15.0 Å². The van der Waals surface area contributed by atoms with Crippen LogP contribution < -0.4 is 0 Å². The predicted molar refractivity (Wildman–Crippen MR) is 65.0 cm³/mol. The zero-order valence-corrected chi connectivity index (χ0v) is 10.0. The molecule has 0 aromatic carbocycles. The molecule has 0 bridgehead atoms. The molecule has 0 spiro atoms. The highest BCUT2D eigenvalue weighted by Crippen LogP contribution is 2.21. The summed E-state index contributed by atoms with van der Waals surface area (Å²) in [7, 11) is 0. The van der Waals surface area contributed by atoms with Gasteiger partial charge in [-0.2, -0.15) is 0 Å². The minimum atomic E-state index is 0.169. The molecule has 17 heavy (non-hydrogen) atoms. The lowest BCUT2D eigenvalue weighted by Gasteiger charge is -2.04. The van der Waals surface area contributed by atoms with E-state index in [9.17, 15) is 4.79 Å². The zero-order chi connectivity index (χ0) is 11.7. The number of carbonyl (C=O) groups excluding carboxylic acids is 1. The minimum absolute atomic E-state index is 0.169. The van der Waals surface area contributed by atoms with Crippen LogP contribution in [0.15, 0.2) is 17.1 Å². The maximum atomic E-state index is 11.8. The Morgan fingerprint density at radius 3 is 2.88 bits per heavy atom. The number of thiazole rings is 1. The molecule has 0 saturated carbocycles. The number of aromatic nitrogens is 3. The van der Waals surface area contributed by atoms with E-state index in [1.54, 1.807) is 11.7 Å². The summed E-state index contributed by atoms with van der Waals surface area (Å²) in [6.45, 7) is 0. The first kappa shape index (κ1) is 10.5. The standard InChI is InChI=1S/C12H11N3OS/c16-11-4-2-1-3-9-8(11)5-13-12(15-9)10-6-17-7-14-10/h5-7H,1-4H2. The quantitative estimate of drug-likeness (QED) is 0.724. The van der Waals surface area contributed by atoms with Gasteiger partial charge in [-0.25, -0.2) is 15.0 Å². The molecule has 0 atom stereocenters. The molecule has 2 heterocycles. The molecule has 0 N–H and O–H groups in total. The monoisotopic (exact) mass is 245 g/mol. The minimum Gasteiger partial charge on any atom is -0.294 e. The lowest BCUT2D eigenvalue weighted by atomic mass is 10.1. The van der Waals surface area contributed by atoms with E-state index in [0.29, 0.717) is 17.8 Å². The summed E-state index contributed by atoms with van der Waals surface area (Å²) in [5, 5.41) is 1.92. The van der Waals surface area contributed by atoms with Crippen LogP contribution in [0.3, 0.4) is 0 Å². The topological polar surface area (TPSA) is 55.7 Å². The average molecular weight is 245 g/mol. The number of ketones is 1. The Labute approximate surface area is 103 Å². The second kappa shape index (κ2) is 4.33. The van der Waals surface area contributed by atoms with Crippen molar-refractivity contribution in [1.82, 2.24) is 15.0 Å². The third-order valence-corrected chi connectivity index (χ3v) is 3.48. The zero-order valence-electron chi connectivity index (χ0n) is 9.22. The van der Waals surface area contributed by atoms with E-state index in [0.717, 1.165) is 30.7 Å². The highest BCUT2D eigenvalue weighted by molar-refractivity contribution is 7.07. The van der Waals surface area contributed by atoms with Gasteiger partial charge in [0.05, 0.1) is 16.8 Å². The molecule has 3 rings (SSSR count). The van der Waals surface area contributed by atoms with Crippen LogP contribution in [0.1, 0.15) is 35.3 Å². The fourth-order valence-electron chi connectivity index (χ4n) is 2.00. The van der Waals surface area contributed by atoms with E-state index in [4.69, 9.17) is 0 Å². The van der Waals surface area contributed by atoms with Crippen molar-refractivity contribution in [2.45, 2.75) is 25.7 Å². The summed E-state index contributed by atoms with van der Waals surface area (Å²) in [6, 6.07) is 0. The maximum Gasteiger partial charge on any atom is 0.179 e. The lowest BCUT2D eigenvalue weighted by Crippen LogP contribution is -2.05. The number of hydrogen-bond acceptors (Lipinski definition) is 5. The van der Waals surface area contributed by atoms with E-state index in [1.165, 1.54) is 11.3 Å². The van der Waals surface area contributed by atoms with Gasteiger partial charge in [0.25, 0.3) is 0 Å². The highest BCUT2D eigenvalue weighted by Gasteiger charge is 2.18. The van der Waals surface area contributed by atoms with Gasteiger partial charge in [0, 0.05) is 18.0 Å². The first-order valence-corrected chi connectivity index (χ1v) is 6.56. The van der Waals surface area contributed by atoms with Crippen LogP contribution in [-0.2, 0) is 6.42 Å². The van der Waals surface area contributed by atoms with Crippen LogP contribution >= 0.6 is 11.3 Å². The molecule has 0 unspecified atom stereocenters. The summed E-state index contributed by atoms with van der Waals surface area (Å²) >= 11 is 1.52. The summed E-state index contributed by atoms with van der Waals surface area (Å²) in [6.07, 6.45) is 5.10. The first-order valence-electron chi connectivity index (χ1n) is 5.62. The van der Waals surface area contributed by atoms with E-state index < -0.39 is 0 Å². The third-order valence-electron chi connectivity index (χ3n) is 2.90. The summed E-state index contributed by atoms with van der Waals surface area (Å²) in [5.41, 5.74) is 4.12. The van der Waals surface area contributed by atoms with Crippen LogP contribution in [-0.4, -0.2) is 20.7 Å². The van der Waals surface area contributed by atoms with Crippen molar-refractivity contribution in [1.29, 1.82) is 0 Å². The van der Waals surface area contributed by atoms with Crippen molar-refractivity contribution in [2.75, 3.05) is 0 Å². The molecule has 1 aliphatic carbocycles. The molecule has 2 aromatic heterocycles. The maximum absolute atomic E-state index is 11.8. The van der Waals surface area contributed by atoms with E-state index in [1.807, 2.05) is 5.38 Å². The third kappa shape index (κ3) is 1.98. The van der Waals surface area contributed by atoms with Gasteiger partial charge >= 0.3 is 0 Å². The van der Waals surface area contributed by atoms with Crippen LogP contribution in [0, 0.1) is 0 Å². The molecule has 4 nitrogen and oxygen atoms in total. The Hall–Kier alpha value is -1.62. The molecule has 0 fully saturated rings. The molecule has 0 aliphatic heterocycles. The fourth-order valence-corrected chi connectivity index (χ4v) is 2.53. The SMILES string of the molecule is O=C1CCCCc2nc(-c3cscn3)ncc21. The van der Waals surface area contributed by atoms with Gasteiger partial charge < -0.3 is 0 Å². The van der Waals surface area contributed by atoms with Crippen LogP contribution in [0.2, 0.25) is 0 Å². The van der Waals surface area contributed by atoms with Crippen molar-refractivity contribution in [3.05, 3.63) is 28.3 Å². The number of rotatable bonds is 1. The second-order valence-corrected chi connectivity index (χ2v) is 4.78. The molecular formula is C12H11N3OS. The Bertz CT molecular complexity index is 551. The Morgan fingerprint density at radius 2 is 2.06 bits per heavy atom. The smallest absolute Gasteiger partial charge is 0.179 e. The average Bonchev–Trinajstić information content (AvgIpc) is 2.82. The highest BCUT2D eigenvalue weighted by atomic mass is 32.1.